The molecule has 0 aliphatic rings. The highest BCUT2D eigenvalue weighted by Crippen LogP contribution is 2.31. The Labute approximate surface area is 159 Å². The van der Waals surface area contributed by atoms with Crippen LogP contribution in [0.25, 0.3) is 0 Å². The fourth-order valence-electron chi connectivity index (χ4n) is 2.90. The van der Waals surface area contributed by atoms with E-state index in [4.69, 9.17) is 9.47 Å². The van der Waals surface area contributed by atoms with Gasteiger partial charge in [-0.2, -0.15) is 0 Å². The van der Waals surface area contributed by atoms with Gasteiger partial charge in [0.05, 0.1) is 12.5 Å². The summed E-state index contributed by atoms with van der Waals surface area (Å²) in [5.74, 6) is 0.625. The Morgan fingerprint density at radius 3 is 2.15 bits per heavy atom. The molecule has 0 saturated carbocycles. The van der Waals surface area contributed by atoms with Crippen LogP contribution in [-0.2, 0) is 11.2 Å². The molecule has 0 bridgehead atoms. The maximum Gasteiger partial charge on any atom is 0.311 e. The predicted octanol–water partition coefficient (Wildman–Crippen LogP) is 5.29. The van der Waals surface area contributed by atoms with Crippen molar-refractivity contribution in [2.75, 3.05) is 6.61 Å². The molecule has 1 N–H and O–H groups in total. The molecule has 0 aliphatic carbocycles. The lowest BCUT2D eigenvalue weighted by molar-refractivity contribution is -0.138. The second kappa shape index (κ2) is 8.90. The predicted molar refractivity (Wildman–Crippen MR) is 105 cm³/mol. The summed E-state index contributed by atoms with van der Waals surface area (Å²) in [6, 6.07) is 24.3. The number of rotatable bonds is 8. The van der Waals surface area contributed by atoms with Crippen LogP contribution in [0.1, 0.15) is 24.0 Å². The first-order valence-corrected chi connectivity index (χ1v) is 8.93. The summed E-state index contributed by atoms with van der Waals surface area (Å²) in [7, 11) is 0. The van der Waals surface area contributed by atoms with Crippen molar-refractivity contribution < 1.29 is 19.4 Å². The SMILES string of the molecule is CCOc1ccccc1Oc1ccc(CC(C(=O)O)c2ccccc2)cc1. The molecular weight excluding hydrogens is 340 g/mol. The fraction of sp³-hybridized carbons (Fsp3) is 0.174. The molecular formula is C23H22O4. The largest absolute Gasteiger partial charge is 0.490 e. The first-order valence-electron chi connectivity index (χ1n) is 8.93. The average Bonchev–Trinajstić information content (AvgIpc) is 2.69. The van der Waals surface area contributed by atoms with Gasteiger partial charge >= 0.3 is 5.97 Å². The normalized spacial score (nSPS) is 11.6. The summed E-state index contributed by atoms with van der Waals surface area (Å²) in [4.78, 5) is 11.7. The standard InChI is InChI=1S/C23H22O4/c1-2-26-21-10-6-7-11-22(21)27-19-14-12-17(13-15-19)16-20(23(24)25)18-8-4-3-5-9-18/h3-15,20H,2,16H2,1H3,(H,24,25). The minimum Gasteiger partial charge on any atom is -0.490 e. The van der Waals surface area contributed by atoms with Crippen molar-refractivity contribution in [1.82, 2.24) is 0 Å². The molecule has 138 valence electrons. The summed E-state index contributed by atoms with van der Waals surface area (Å²) in [5, 5.41) is 9.58. The van der Waals surface area contributed by atoms with Gasteiger partial charge in [-0.1, -0.05) is 54.6 Å². The van der Waals surface area contributed by atoms with Crippen LogP contribution in [0.4, 0.5) is 0 Å². The van der Waals surface area contributed by atoms with Crippen molar-refractivity contribution >= 4 is 5.97 Å². The van der Waals surface area contributed by atoms with Crippen molar-refractivity contribution in [1.29, 1.82) is 0 Å². The molecule has 3 rings (SSSR count). The van der Waals surface area contributed by atoms with Gasteiger partial charge in [-0.25, -0.2) is 0 Å². The third kappa shape index (κ3) is 4.88. The molecule has 0 aliphatic heterocycles. The Morgan fingerprint density at radius 1 is 0.889 bits per heavy atom. The van der Waals surface area contributed by atoms with Crippen molar-refractivity contribution in [3.63, 3.8) is 0 Å². The van der Waals surface area contributed by atoms with Crippen LogP contribution in [0, 0.1) is 0 Å². The van der Waals surface area contributed by atoms with Gasteiger partial charge in [0.15, 0.2) is 11.5 Å². The first kappa shape index (κ1) is 18.5. The van der Waals surface area contributed by atoms with Crippen LogP contribution in [0.3, 0.4) is 0 Å². The maximum absolute atomic E-state index is 11.7. The van der Waals surface area contributed by atoms with Gasteiger partial charge in [-0.05, 0) is 48.7 Å². The quantitative estimate of drug-likeness (QED) is 0.592. The maximum atomic E-state index is 11.7. The molecule has 0 fully saturated rings. The molecule has 1 atom stereocenters. The second-order valence-electron chi connectivity index (χ2n) is 6.13. The number of carboxylic acids is 1. The Bertz CT molecular complexity index is 872. The van der Waals surface area contributed by atoms with E-state index >= 15 is 0 Å². The highest BCUT2D eigenvalue weighted by molar-refractivity contribution is 5.76. The van der Waals surface area contributed by atoms with Crippen LogP contribution in [0.2, 0.25) is 0 Å². The molecule has 0 saturated heterocycles. The minimum atomic E-state index is -0.827. The number of carbonyl (C=O) groups is 1. The zero-order valence-corrected chi connectivity index (χ0v) is 15.2. The van der Waals surface area contributed by atoms with Crippen molar-refractivity contribution in [2.45, 2.75) is 19.3 Å². The minimum absolute atomic E-state index is 0.426. The number of hydrogen-bond acceptors (Lipinski definition) is 3. The molecule has 0 aromatic heterocycles. The first-order chi connectivity index (χ1) is 13.2. The number of aliphatic carboxylic acids is 1. The van der Waals surface area contributed by atoms with E-state index in [0.717, 1.165) is 11.1 Å². The topological polar surface area (TPSA) is 55.8 Å². The van der Waals surface area contributed by atoms with E-state index < -0.39 is 11.9 Å². The Kier molecular flexibility index (Phi) is 6.10. The van der Waals surface area contributed by atoms with E-state index in [2.05, 4.69) is 0 Å². The van der Waals surface area contributed by atoms with Gasteiger partial charge in [0, 0.05) is 0 Å². The van der Waals surface area contributed by atoms with Crippen LogP contribution in [0.15, 0.2) is 78.9 Å². The zero-order valence-electron chi connectivity index (χ0n) is 15.2. The second-order valence-corrected chi connectivity index (χ2v) is 6.13. The molecule has 3 aromatic rings. The molecule has 0 heterocycles. The molecule has 3 aromatic carbocycles. The molecule has 1 unspecified atom stereocenters. The van der Waals surface area contributed by atoms with Crippen LogP contribution >= 0.6 is 0 Å². The van der Waals surface area contributed by atoms with E-state index in [9.17, 15) is 9.90 Å². The Morgan fingerprint density at radius 2 is 1.52 bits per heavy atom. The number of ether oxygens (including phenoxy) is 2. The van der Waals surface area contributed by atoms with Crippen molar-refractivity contribution in [3.8, 4) is 17.2 Å². The number of para-hydroxylation sites is 2. The summed E-state index contributed by atoms with van der Waals surface area (Å²) >= 11 is 0. The van der Waals surface area contributed by atoms with Gasteiger partial charge < -0.3 is 14.6 Å². The Hall–Kier alpha value is -3.27. The lowest BCUT2D eigenvalue weighted by Gasteiger charge is -2.14. The Balaban J connectivity index is 1.73. The highest BCUT2D eigenvalue weighted by atomic mass is 16.5. The summed E-state index contributed by atoms with van der Waals surface area (Å²) < 4.78 is 11.5. The van der Waals surface area contributed by atoms with E-state index in [1.165, 1.54) is 0 Å². The average molecular weight is 362 g/mol. The van der Waals surface area contributed by atoms with Crippen LogP contribution in [0.5, 0.6) is 17.2 Å². The monoisotopic (exact) mass is 362 g/mol. The molecule has 0 amide bonds. The van der Waals surface area contributed by atoms with Gasteiger partial charge in [0.1, 0.15) is 5.75 Å². The van der Waals surface area contributed by atoms with E-state index in [0.29, 0.717) is 30.3 Å². The van der Waals surface area contributed by atoms with Gasteiger partial charge in [0.2, 0.25) is 0 Å². The van der Waals surface area contributed by atoms with Gasteiger partial charge in [0.25, 0.3) is 0 Å². The molecule has 0 radical (unpaired) electrons. The summed E-state index contributed by atoms with van der Waals surface area (Å²) in [5.41, 5.74) is 1.74. The van der Waals surface area contributed by atoms with Crippen molar-refractivity contribution in [2.24, 2.45) is 0 Å². The fourth-order valence-corrected chi connectivity index (χ4v) is 2.90. The zero-order chi connectivity index (χ0) is 19.1. The highest BCUT2D eigenvalue weighted by Gasteiger charge is 2.20. The lowest BCUT2D eigenvalue weighted by atomic mass is 9.92. The number of carboxylic acid groups (broad SMARTS) is 1. The van der Waals surface area contributed by atoms with Crippen LogP contribution in [-0.4, -0.2) is 17.7 Å². The van der Waals surface area contributed by atoms with E-state index in [1.54, 1.807) is 0 Å². The smallest absolute Gasteiger partial charge is 0.311 e. The van der Waals surface area contributed by atoms with Crippen molar-refractivity contribution in [3.05, 3.63) is 90.0 Å². The van der Waals surface area contributed by atoms with E-state index in [-0.39, 0.29) is 0 Å². The lowest BCUT2D eigenvalue weighted by Crippen LogP contribution is -2.14. The molecule has 4 heteroatoms. The summed E-state index contributed by atoms with van der Waals surface area (Å²) in [6.07, 6.45) is 0.426. The summed E-state index contributed by atoms with van der Waals surface area (Å²) in [6.45, 7) is 2.49. The van der Waals surface area contributed by atoms with Gasteiger partial charge in [-0.15, -0.1) is 0 Å². The number of benzene rings is 3. The third-order valence-electron chi connectivity index (χ3n) is 4.24. The number of hydrogen-bond donors (Lipinski definition) is 1. The van der Waals surface area contributed by atoms with E-state index in [1.807, 2.05) is 85.8 Å². The van der Waals surface area contributed by atoms with Crippen LogP contribution < -0.4 is 9.47 Å². The third-order valence-corrected chi connectivity index (χ3v) is 4.24. The molecule has 4 nitrogen and oxygen atoms in total. The van der Waals surface area contributed by atoms with Gasteiger partial charge in [-0.3, -0.25) is 4.79 Å². The molecule has 0 spiro atoms. The molecule has 27 heavy (non-hydrogen) atoms.